The summed E-state index contributed by atoms with van der Waals surface area (Å²) in [5, 5.41) is 10.3. The van der Waals surface area contributed by atoms with Crippen molar-refractivity contribution in [3.63, 3.8) is 0 Å². The van der Waals surface area contributed by atoms with E-state index in [9.17, 15) is 0 Å². The van der Waals surface area contributed by atoms with Crippen LogP contribution in [0, 0.1) is 5.92 Å². The number of nitrogens with one attached hydrogen (secondary N) is 1. The molecule has 2 atom stereocenters. The highest BCUT2D eigenvalue weighted by atomic mass is 35.5. The largest absolute Gasteiger partial charge is 0.497 e. The minimum absolute atomic E-state index is 0.0549. The Kier molecular flexibility index (Phi) is 7.02. The molecule has 2 heterocycles. The van der Waals surface area contributed by atoms with Crippen LogP contribution >= 0.6 is 35.4 Å². The number of benzene rings is 2. The first kappa shape index (κ1) is 22.3. The molecule has 8 heteroatoms. The minimum atomic E-state index is -0.0549. The molecule has 2 aromatic carbocycles. The molecule has 4 rings (SSSR count). The maximum absolute atomic E-state index is 6.57. The summed E-state index contributed by atoms with van der Waals surface area (Å²) in [5.74, 6) is 0.874. The van der Waals surface area contributed by atoms with Gasteiger partial charge in [-0.15, -0.1) is 0 Å². The van der Waals surface area contributed by atoms with Crippen LogP contribution < -0.4 is 15.2 Å². The molecule has 2 aliphatic heterocycles. The lowest BCUT2D eigenvalue weighted by Gasteiger charge is -2.29. The summed E-state index contributed by atoms with van der Waals surface area (Å²) < 4.78 is 5.33. The van der Waals surface area contributed by atoms with E-state index >= 15 is 0 Å². The summed E-state index contributed by atoms with van der Waals surface area (Å²) in [6, 6.07) is 13.5. The smallest absolute Gasteiger partial charge is 0.137 e. The van der Waals surface area contributed by atoms with Crippen molar-refractivity contribution >= 4 is 51.8 Å². The van der Waals surface area contributed by atoms with Crippen molar-refractivity contribution in [2.75, 3.05) is 25.2 Å². The maximum Gasteiger partial charge on any atom is 0.137 e. The van der Waals surface area contributed by atoms with E-state index < -0.39 is 0 Å². The van der Waals surface area contributed by atoms with Crippen LogP contribution in [-0.4, -0.2) is 35.9 Å². The van der Waals surface area contributed by atoms with Gasteiger partial charge >= 0.3 is 0 Å². The molecule has 5 nitrogen and oxygen atoms in total. The summed E-state index contributed by atoms with van der Waals surface area (Å²) in [5.41, 5.74) is 6.18. The van der Waals surface area contributed by atoms with Gasteiger partial charge in [0, 0.05) is 24.0 Å². The molecule has 0 unspecified atom stereocenters. The third kappa shape index (κ3) is 4.82. The van der Waals surface area contributed by atoms with E-state index in [0.29, 0.717) is 15.0 Å². The number of hydrogen-bond donors (Lipinski definition) is 1. The van der Waals surface area contributed by atoms with Gasteiger partial charge in [0.25, 0.3) is 0 Å². The summed E-state index contributed by atoms with van der Waals surface area (Å²) >= 11 is 18.5. The molecule has 0 amide bonds. The molecule has 1 fully saturated rings. The normalized spacial score (nSPS) is 21.7. The summed E-state index contributed by atoms with van der Waals surface area (Å²) in [6.07, 6.45) is 3.63. The molecule has 0 radical (unpaired) electrons. The highest BCUT2D eigenvalue weighted by molar-refractivity contribution is 7.82. The molecular formula is C23H26Cl2N4OS. The molecular weight excluding hydrogens is 451 g/mol. The maximum atomic E-state index is 6.57. The Balaban J connectivity index is 1.67. The van der Waals surface area contributed by atoms with Crippen LogP contribution in [0.15, 0.2) is 47.6 Å². The number of ether oxygens (including phenoxy) is 1. The molecule has 0 bridgehead atoms. The Morgan fingerprint density at radius 1 is 1.10 bits per heavy atom. The van der Waals surface area contributed by atoms with Gasteiger partial charge < -0.3 is 10.2 Å². The van der Waals surface area contributed by atoms with E-state index in [1.54, 1.807) is 13.2 Å². The van der Waals surface area contributed by atoms with E-state index in [0.717, 1.165) is 35.8 Å². The first-order valence-electron chi connectivity index (χ1n) is 10.5. The number of piperidine rings is 1. The van der Waals surface area contributed by atoms with E-state index in [4.69, 9.17) is 45.3 Å². The van der Waals surface area contributed by atoms with Crippen LogP contribution in [0.4, 0.5) is 5.69 Å². The number of rotatable bonds is 5. The van der Waals surface area contributed by atoms with Crippen LogP contribution in [0.3, 0.4) is 0 Å². The predicted octanol–water partition coefficient (Wildman–Crippen LogP) is 5.87. The average Bonchev–Trinajstić information content (AvgIpc) is 3.11. The summed E-state index contributed by atoms with van der Waals surface area (Å²) in [6.45, 7) is 4.15. The SMILES string of the molecule is COc1ccc([C@@H]2[C@@H](C)C(C(=S)NN3CCCCC3)=NN2c2ccc(Cl)cc2Cl)cc1. The van der Waals surface area contributed by atoms with Gasteiger partial charge in [-0.05, 0) is 48.7 Å². The zero-order valence-corrected chi connectivity index (χ0v) is 20.0. The summed E-state index contributed by atoms with van der Waals surface area (Å²) in [4.78, 5) is 0.667. The monoisotopic (exact) mass is 476 g/mol. The van der Waals surface area contributed by atoms with Crippen LogP contribution in [-0.2, 0) is 0 Å². The van der Waals surface area contributed by atoms with Gasteiger partial charge in [0.05, 0.1) is 23.9 Å². The van der Waals surface area contributed by atoms with E-state index in [-0.39, 0.29) is 12.0 Å². The van der Waals surface area contributed by atoms with Crippen molar-refractivity contribution < 1.29 is 4.74 Å². The number of hydrazine groups is 1. The van der Waals surface area contributed by atoms with Crippen molar-refractivity contribution in [1.82, 2.24) is 10.4 Å². The first-order chi connectivity index (χ1) is 15.0. The van der Waals surface area contributed by atoms with Crippen molar-refractivity contribution in [2.45, 2.75) is 32.2 Å². The number of hydrogen-bond acceptors (Lipinski definition) is 5. The van der Waals surface area contributed by atoms with E-state index in [1.807, 2.05) is 29.3 Å². The van der Waals surface area contributed by atoms with Gasteiger partial charge in [-0.1, -0.05) is 60.9 Å². The molecule has 164 valence electrons. The molecule has 0 aromatic heterocycles. The third-order valence-corrected chi connectivity index (χ3v) is 6.68. The molecule has 1 N–H and O–H groups in total. The molecule has 0 saturated carbocycles. The second-order valence-corrected chi connectivity index (χ2v) is 9.17. The number of thiocarbonyl (C=S) groups is 1. The fourth-order valence-corrected chi connectivity index (χ4v) is 5.04. The zero-order chi connectivity index (χ0) is 22.0. The first-order valence-corrected chi connectivity index (χ1v) is 11.7. The number of anilines is 1. The number of hydrazone groups is 1. The molecule has 0 spiro atoms. The second-order valence-electron chi connectivity index (χ2n) is 7.92. The van der Waals surface area contributed by atoms with Crippen LogP contribution in [0.25, 0.3) is 0 Å². The Labute approximate surface area is 198 Å². The van der Waals surface area contributed by atoms with Crippen LogP contribution in [0.1, 0.15) is 37.8 Å². The highest BCUT2D eigenvalue weighted by Gasteiger charge is 2.39. The third-order valence-electron chi connectivity index (χ3n) is 5.85. The van der Waals surface area contributed by atoms with E-state index in [2.05, 4.69) is 29.5 Å². The van der Waals surface area contributed by atoms with Crippen LogP contribution in [0.2, 0.25) is 10.0 Å². The second kappa shape index (κ2) is 9.74. The highest BCUT2D eigenvalue weighted by Crippen LogP contribution is 2.42. The Bertz CT molecular complexity index is 976. The van der Waals surface area contributed by atoms with Gasteiger partial charge in [-0.25, -0.2) is 5.01 Å². The summed E-state index contributed by atoms with van der Waals surface area (Å²) in [7, 11) is 1.67. The molecule has 1 saturated heterocycles. The van der Waals surface area contributed by atoms with Gasteiger partial charge in [0.1, 0.15) is 16.4 Å². The number of methoxy groups -OCH3 is 1. The Morgan fingerprint density at radius 3 is 2.45 bits per heavy atom. The van der Waals surface area contributed by atoms with Crippen LogP contribution in [0.5, 0.6) is 5.75 Å². The molecule has 31 heavy (non-hydrogen) atoms. The average molecular weight is 477 g/mol. The lowest BCUT2D eigenvalue weighted by atomic mass is 9.91. The van der Waals surface area contributed by atoms with Gasteiger partial charge in [0.15, 0.2) is 0 Å². The quantitative estimate of drug-likeness (QED) is 0.546. The Morgan fingerprint density at radius 2 is 1.81 bits per heavy atom. The van der Waals surface area contributed by atoms with Crippen molar-refractivity contribution in [2.24, 2.45) is 11.0 Å². The van der Waals surface area contributed by atoms with E-state index in [1.165, 1.54) is 19.3 Å². The van der Waals surface area contributed by atoms with Gasteiger partial charge in [-0.2, -0.15) is 5.10 Å². The van der Waals surface area contributed by atoms with Crippen molar-refractivity contribution in [1.29, 1.82) is 0 Å². The fraction of sp³-hybridized carbons (Fsp3) is 0.391. The van der Waals surface area contributed by atoms with Gasteiger partial charge in [-0.3, -0.25) is 5.01 Å². The van der Waals surface area contributed by atoms with Crippen molar-refractivity contribution in [3.05, 3.63) is 58.1 Å². The van der Waals surface area contributed by atoms with Crippen molar-refractivity contribution in [3.8, 4) is 5.75 Å². The topological polar surface area (TPSA) is 40.1 Å². The van der Waals surface area contributed by atoms with Gasteiger partial charge in [0.2, 0.25) is 0 Å². The predicted molar refractivity (Wildman–Crippen MR) is 132 cm³/mol. The lowest BCUT2D eigenvalue weighted by molar-refractivity contribution is 0.197. The molecule has 2 aliphatic rings. The number of nitrogens with zero attached hydrogens (tertiary/aromatic N) is 3. The number of halogens is 2. The lowest BCUT2D eigenvalue weighted by Crippen LogP contribution is -2.47. The molecule has 2 aromatic rings. The zero-order valence-electron chi connectivity index (χ0n) is 17.6. The standard InChI is InChI=1S/C23H26Cl2N4OS/c1-15-21(23(31)27-28-12-4-3-5-13-28)26-29(20-11-8-17(24)14-19(20)25)22(15)16-6-9-18(30-2)10-7-16/h6-11,14-15,22H,3-5,12-13H2,1-2H3,(H,27,31)/t15-,22-/m0/s1. The minimum Gasteiger partial charge on any atom is -0.497 e. The fourth-order valence-electron chi connectivity index (χ4n) is 4.19. The Hall–Kier alpha value is -1.86. The molecule has 0 aliphatic carbocycles.